The van der Waals surface area contributed by atoms with E-state index in [9.17, 15) is 5.11 Å². The number of rotatable bonds is 2. The largest absolute Gasteiger partial charge is 0.394 e. The first-order valence-corrected chi connectivity index (χ1v) is 6.72. The number of ether oxygens (including phenoxy) is 1. The molecule has 9 heteroatoms. The van der Waals surface area contributed by atoms with Crippen LogP contribution in [0.25, 0.3) is 0 Å². The molecule has 3 aliphatic rings. The number of aliphatic hydroxyl groups is 2. The van der Waals surface area contributed by atoms with E-state index >= 15 is 0 Å². The molecule has 3 heterocycles. The van der Waals surface area contributed by atoms with Gasteiger partial charge in [-0.3, -0.25) is 4.99 Å². The van der Waals surface area contributed by atoms with Crippen LogP contribution in [0.5, 0.6) is 0 Å². The molecule has 104 valence electrons. The summed E-state index contributed by atoms with van der Waals surface area (Å²) in [7, 11) is 0. The zero-order valence-electron chi connectivity index (χ0n) is 9.93. The van der Waals surface area contributed by atoms with E-state index in [4.69, 9.17) is 15.6 Å². The number of aliphatic imine (C=N–C) groups is 3. The number of nitrogens with two attached hydrogens (primary N) is 1. The van der Waals surface area contributed by atoms with Crippen LogP contribution in [0.1, 0.15) is 6.42 Å². The molecule has 3 rings (SSSR count). The maximum Gasteiger partial charge on any atom is 0.195 e. The minimum Gasteiger partial charge on any atom is -0.394 e. The van der Waals surface area contributed by atoms with Gasteiger partial charge in [0.05, 0.1) is 19.0 Å². The molecule has 8 nitrogen and oxygen atoms in total. The SMILES string of the molecule is NC1=NC(Br)=NC2C1N=CN2[C@H]1C[C@H](O)[C@@H](CO)O1. The Morgan fingerprint density at radius 3 is 3.05 bits per heavy atom. The van der Waals surface area contributed by atoms with Crippen LogP contribution in [0.4, 0.5) is 0 Å². The fourth-order valence-corrected chi connectivity index (χ4v) is 2.86. The molecule has 0 aromatic carbocycles. The van der Waals surface area contributed by atoms with Crippen LogP contribution in [0, 0.1) is 0 Å². The summed E-state index contributed by atoms with van der Waals surface area (Å²) in [4.78, 5) is 14.4. The third-order valence-corrected chi connectivity index (χ3v) is 3.81. The lowest BCUT2D eigenvalue weighted by molar-refractivity contribution is -0.0628. The Kier molecular flexibility index (Phi) is 3.29. The Morgan fingerprint density at radius 1 is 1.58 bits per heavy atom. The van der Waals surface area contributed by atoms with Crippen LogP contribution in [0.15, 0.2) is 15.0 Å². The molecule has 0 aromatic heterocycles. The molecular formula is C10H14BrN5O3. The Hall–Kier alpha value is -1.03. The number of halogens is 1. The van der Waals surface area contributed by atoms with Crippen molar-refractivity contribution in [2.24, 2.45) is 20.7 Å². The summed E-state index contributed by atoms with van der Waals surface area (Å²) in [6.07, 6.45) is 0.0561. The fraction of sp³-hybridized carbons (Fsp3) is 0.700. The minimum absolute atomic E-state index is 0.215. The van der Waals surface area contributed by atoms with Gasteiger partial charge in [-0.15, -0.1) is 0 Å². The van der Waals surface area contributed by atoms with Gasteiger partial charge in [-0.2, -0.15) is 0 Å². The smallest absolute Gasteiger partial charge is 0.195 e. The second-order valence-corrected chi connectivity index (χ2v) is 5.33. The Morgan fingerprint density at radius 2 is 2.37 bits per heavy atom. The molecule has 3 aliphatic heterocycles. The maximum absolute atomic E-state index is 9.77. The number of fused-ring (bicyclic) bond motifs is 1. The monoisotopic (exact) mass is 331 g/mol. The molecule has 4 N–H and O–H groups in total. The standard InChI is InChI=1S/C10H14BrN5O3/c11-10-14-8(12)7-9(15-10)16(3-13-7)6-1-4(18)5(2-17)19-6/h3-7,9,17-18H,1-2H2,(H2,12,14,15)/t4-,5+,6+,7?,9?/m0/s1. The molecule has 1 saturated heterocycles. The Bertz CT molecular complexity index is 468. The molecule has 1 fully saturated rings. The zero-order valence-corrected chi connectivity index (χ0v) is 11.5. The van der Waals surface area contributed by atoms with Crippen molar-refractivity contribution in [1.29, 1.82) is 0 Å². The number of aliphatic hydroxyl groups excluding tert-OH is 2. The van der Waals surface area contributed by atoms with Crippen LogP contribution in [-0.4, -0.2) is 69.3 Å². The van der Waals surface area contributed by atoms with Crippen molar-refractivity contribution >= 4 is 32.8 Å². The van der Waals surface area contributed by atoms with E-state index in [1.54, 1.807) is 11.2 Å². The van der Waals surface area contributed by atoms with E-state index in [2.05, 4.69) is 30.9 Å². The summed E-state index contributed by atoms with van der Waals surface area (Å²) in [6.45, 7) is -0.215. The van der Waals surface area contributed by atoms with E-state index in [0.717, 1.165) is 0 Å². The van der Waals surface area contributed by atoms with Crippen molar-refractivity contribution in [1.82, 2.24) is 4.90 Å². The van der Waals surface area contributed by atoms with Crippen LogP contribution in [0.3, 0.4) is 0 Å². The molecule has 2 unspecified atom stereocenters. The summed E-state index contributed by atoms with van der Waals surface area (Å²) in [5.74, 6) is 0.392. The number of nitrogens with zero attached hydrogens (tertiary/aromatic N) is 4. The van der Waals surface area contributed by atoms with Crippen LogP contribution in [-0.2, 0) is 4.74 Å². The summed E-state index contributed by atoms with van der Waals surface area (Å²) in [5, 5.41) is 18.9. The van der Waals surface area contributed by atoms with Gasteiger partial charge in [0, 0.05) is 6.42 Å². The molecular weight excluding hydrogens is 318 g/mol. The van der Waals surface area contributed by atoms with Gasteiger partial charge in [-0.05, 0) is 15.9 Å². The maximum atomic E-state index is 9.77. The topological polar surface area (TPSA) is 116 Å². The predicted molar refractivity (Wildman–Crippen MR) is 72.3 cm³/mol. The number of hydrogen-bond donors (Lipinski definition) is 3. The van der Waals surface area contributed by atoms with Crippen molar-refractivity contribution in [3.8, 4) is 0 Å². The molecule has 0 radical (unpaired) electrons. The van der Waals surface area contributed by atoms with Crippen LogP contribution in [0.2, 0.25) is 0 Å². The average Bonchev–Trinajstić information content (AvgIpc) is 2.92. The van der Waals surface area contributed by atoms with Crippen molar-refractivity contribution in [3.05, 3.63) is 0 Å². The highest BCUT2D eigenvalue weighted by molar-refractivity contribution is 9.18. The number of hydrogen-bond acceptors (Lipinski definition) is 8. The van der Waals surface area contributed by atoms with Crippen molar-refractivity contribution in [3.63, 3.8) is 0 Å². The van der Waals surface area contributed by atoms with Gasteiger partial charge >= 0.3 is 0 Å². The molecule has 5 atom stereocenters. The Labute approximate surface area is 117 Å². The lowest BCUT2D eigenvalue weighted by Crippen LogP contribution is -2.48. The van der Waals surface area contributed by atoms with Crippen molar-refractivity contribution in [2.45, 2.75) is 37.1 Å². The van der Waals surface area contributed by atoms with Gasteiger partial charge in [0.25, 0.3) is 0 Å². The second kappa shape index (κ2) is 4.82. The highest BCUT2D eigenvalue weighted by Gasteiger charge is 2.44. The third-order valence-electron chi connectivity index (χ3n) is 3.43. The van der Waals surface area contributed by atoms with Gasteiger partial charge in [-0.25, -0.2) is 9.98 Å². The Balaban J connectivity index is 1.78. The van der Waals surface area contributed by atoms with Gasteiger partial charge in [0.1, 0.15) is 24.2 Å². The van der Waals surface area contributed by atoms with E-state index in [-0.39, 0.29) is 25.0 Å². The van der Waals surface area contributed by atoms with E-state index in [0.29, 0.717) is 17.0 Å². The van der Waals surface area contributed by atoms with E-state index < -0.39 is 12.2 Å². The van der Waals surface area contributed by atoms with Crippen LogP contribution >= 0.6 is 15.9 Å². The summed E-state index contributed by atoms with van der Waals surface area (Å²) < 4.78 is 6.01. The van der Waals surface area contributed by atoms with E-state index in [1.807, 2.05) is 0 Å². The fourth-order valence-electron chi connectivity index (χ4n) is 2.44. The number of amidine groups is 2. The first kappa shape index (κ1) is 13.0. The lowest BCUT2D eigenvalue weighted by Gasteiger charge is -2.30. The van der Waals surface area contributed by atoms with Crippen molar-refractivity contribution in [2.75, 3.05) is 6.61 Å². The second-order valence-electron chi connectivity index (χ2n) is 4.62. The summed E-state index contributed by atoms with van der Waals surface area (Å²) in [6, 6.07) is -0.324. The van der Waals surface area contributed by atoms with E-state index in [1.165, 1.54) is 0 Å². The molecule has 0 aliphatic carbocycles. The molecule has 0 aromatic rings. The molecule has 19 heavy (non-hydrogen) atoms. The van der Waals surface area contributed by atoms with Gasteiger partial charge < -0.3 is 25.6 Å². The average molecular weight is 332 g/mol. The van der Waals surface area contributed by atoms with Gasteiger partial charge in [0.15, 0.2) is 10.9 Å². The molecule has 0 spiro atoms. The highest BCUT2D eigenvalue weighted by Crippen LogP contribution is 2.29. The summed E-state index contributed by atoms with van der Waals surface area (Å²) >= 11 is 3.21. The normalized spacial score (nSPS) is 41.2. The van der Waals surface area contributed by atoms with Gasteiger partial charge in [0.2, 0.25) is 0 Å². The summed E-state index contributed by atoms with van der Waals surface area (Å²) in [5.41, 5.74) is 5.82. The van der Waals surface area contributed by atoms with Crippen LogP contribution < -0.4 is 5.73 Å². The highest BCUT2D eigenvalue weighted by atomic mass is 79.9. The first-order chi connectivity index (χ1) is 9.10. The predicted octanol–water partition coefficient (Wildman–Crippen LogP) is -1.39. The molecule has 0 saturated carbocycles. The lowest BCUT2D eigenvalue weighted by atomic mass is 10.1. The molecule has 0 amide bonds. The zero-order chi connectivity index (χ0) is 13.6. The third kappa shape index (κ3) is 2.16. The molecule has 0 bridgehead atoms. The minimum atomic E-state index is -0.690. The van der Waals surface area contributed by atoms with Crippen molar-refractivity contribution < 1.29 is 14.9 Å². The van der Waals surface area contributed by atoms with Gasteiger partial charge in [-0.1, -0.05) is 0 Å². The quantitative estimate of drug-likeness (QED) is 0.539. The first-order valence-electron chi connectivity index (χ1n) is 5.92.